The van der Waals surface area contributed by atoms with Crippen molar-refractivity contribution in [3.8, 4) is 5.75 Å². The van der Waals surface area contributed by atoms with Gasteiger partial charge in [-0.15, -0.1) is 0 Å². The van der Waals surface area contributed by atoms with Gasteiger partial charge in [-0.05, 0) is 49.1 Å². The maximum atomic E-state index is 12.9. The van der Waals surface area contributed by atoms with Crippen LogP contribution in [0.5, 0.6) is 5.75 Å². The van der Waals surface area contributed by atoms with Gasteiger partial charge in [0.25, 0.3) is 0 Å². The average Bonchev–Trinajstić information content (AvgIpc) is 2.78. The molecular formula is C22H28N2O4S. The second kappa shape index (κ2) is 9.41. The topological polar surface area (TPSA) is 75.7 Å². The fraction of sp³-hybridized carbons (Fsp3) is 0.409. The van der Waals surface area contributed by atoms with Crippen molar-refractivity contribution >= 4 is 15.9 Å². The smallest absolute Gasteiger partial charge is 0.243 e. The fourth-order valence-corrected chi connectivity index (χ4v) is 5.21. The van der Waals surface area contributed by atoms with Crippen LogP contribution in [0, 0.1) is 5.92 Å². The summed E-state index contributed by atoms with van der Waals surface area (Å²) in [5.74, 6) is 0.319. The SMILES string of the molecule is CCC(NC(=O)C1CCCN(S(=O)(=O)c2ccccc2)C1)c1ccc(OC)cc1. The van der Waals surface area contributed by atoms with Crippen LogP contribution < -0.4 is 10.1 Å². The summed E-state index contributed by atoms with van der Waals surface area (Å²) in [7, 11) is -1.97. The van der Waals surface area contributed by atoms with Gasteiger partial charge in [0.1, 0.15) is 5.75 Å². The predicted octanol–water partition coefficient (Wildman–Crippen LogP) is 3.36. The largest absolute Gasteiger partial charge is 0.497 e. The zero-order valence-electron chi connectivity index (χ0n) is 16.9. The lowest BCUT2D eigenvalue weighted by Crippen LogP contribution is -2.46. The van der Waals surface area contributed by atoms with E-state index in [2.05, 4.69) is 5.32 Å². The van der Waals surface area contributed by atoms with Gasteiger partial charge >= 0.3 is 0 Å². The van der Waals surface area contributed by atoms with Gasteiger partial charge in [-0.3, -0.25) is 4.79 Å². The Hall–Kier alpha value is -2.38. The number of ether oxygens (including phenoxy) is 1. The molecule has 29 heavy (non-hydrogen) atoms. The van der Waals surface area contributed by atoms with Crippen LogP contribution in [0.4, 0.5) is 0 Å². The highest BCUT2D eigenvalue weighted by Crippen LogP contribution is 2.26. The number of hydrogen-bond donors (Lipinski definition) is 1. The highest BCUT2D eigenvalue weighted by atomic mass is 32.2. The molecular weight excluding hydrogens is 388 g/mol. The molecule has 1 N–H and O–H groups in total. The normalized spacial score (nSPS) is 18.8. The molecule has 1 heterocycles. The van der Waals surface area contributed by atoms with E-state index in [1.807, 2.05) is 31.2 Å². The van der Waals surface area contributed by atoms with Gasteiger partial charge in [-0.2, -0.15) is 4.31 Å². The number of piperidine rings is 1. The molecule has 0 saturated carbocycles. The van der Waals surface area contributed by atoms with Crippen LogP contribution in [-0.4, -0.2) is 38.8 Å². The zero-order valence-corrected chi connectivity index (χ0v) is 17.7. The van der Waals surface area contributed by atoms with Crippen LogP contribution in [0.3, 0.4) is 0 Å². The van der Waals surface area contributed by atoms with Gasteiger partial charge < -0.3 is 10.1 Å². The summed E-state index contributed by atoms with van der Waals surface area (Å²) in [5, 5.41) is 3.10. The molecule has 0 aliphatic carbocycles. The van der Waals surface area contributed by atoms with E-state index in [1.165, 1.54) is 4.31 Å². The Morgan fingerprint density at radius 1 is 1.17 bits per heavy atom. The molecule has 2 aromatic rings. The summed E-state index contributed by atoms with van der Waals surface area (Å²) >= 11 is 0. The van der Waals surface area contributed by atoms with Gasteiger partial charge in [0.05, 0.1) is 24.0 Å². The molecule has 1 saturated heterocycles. The Morgan fingerprint density at radius 3 is 2.48 bits per heavy atom. The molecule has 0 radical (unpaired) electrons. The number of nitrogens with zero attached hydrogens (tertiary/aromatic N) is 1. The molecule has 2 aromatic carbocycles. The summed E-state index contributed by atoms with van der Waals surface area (Å²) in [6.07, 6.45) is 2.10. The Kier molecular flexibility index (Phi) is 6.92. The maximum Gasteiger partial charge on any atom is 0.243 e. The number of amides is 1. The number of sulfonamides is 1. The van der Waals surface area contributed by atoms with Crippen LogP contribution >= 0.6 is 0 Å². The van der Waals surface area contributed by atoms with Crippen molar-refractivity contribution in [2.75, 3.05) is 20.2 Å². The molecule has 3 rings (SSSR count). The summed E-state index contributed by atoms with van der Waals surface area (Å²) in [6, 6.07) is 15.9. The van der Waals surface area contributed by atoms with E-state index < -0.39 is 10.0 Å². The van der Waals surface area contributed by atoms with Gasteiger partial charge in [-0.25, -0.2) is 8.42 Å². The Balaban J connectivity index is 1.68. The van der Waals surface area contributed by atoms with E-state index in [-0.39, 0.29) is 29.3 Å². The fourth-order valence-electron chi connectivity index (χ4n) is 3.66. The minimum Gasteiger partial charge on any atom is -0.497 e. The average molecular weight is 417 g/mol. The number of benzene rings is 2. The summed E-state index contributed by atoms with van der Waals surface area (Å²) in [4.78, 5) is 13.2. The number of hydrogen-bond acceptors (Lipinski definition) is 4. The number of carbonyl (C=O) groups excluding carboxylic acids is 1. The Bertz CT molecular complexity index is 914. The monoisotopic (exact) mass is 416 g/mol. The van der Waals surface area contributed by atoms with E-state index in [9.17, 15) is 13.2 Å². The first-order valence-electron chi connectivity index (χ1n) is 9.95. The van der Waals surface area contributed by atoms with Crippen molar-refractivity contribution in [2.24, 2.45) is 5.92 Å². The molecule has 6 nitrogen and oxygen atoms in total. The van der Waals surface area contributed by atoms with E-state index in [0.29, 0.717) is 19.4 Å². The predicted molar refractivity (Wildman–Crippen MR) is 112 cm³/mol. The van der Waals surface area contributed by atoms with Crippen LogP contribution in [0.25, 0.3) is 0 Å². The van der Waals surface area contributed by atoms with Crippen molar-refractivity contribution < 1.29 is 17.9 Å². The summed E-state index contributed by atoms with van der Waals surface area (Å²) < 4.78 is 32.4. The van der Waals surface area contributed by atoms with Gasteiger partial charge in [-0.1, -0.05) is 37.3 Å². The van der Waals surface area contributed by atoms with E-state index in [1.54, 1.807) is 37.4 Å². The van der Waals surface area contributed by atoms with E-state index in [4.69, 9.17) is 4.74 Å². The summed E-state index contributed by atoms with van der Waals surface area (Å²) in [5.41, 5.74) is 1.01. The van der Waals surface area contributed by atoms with E-state index >= 15 is 0 Å². The van der Waals surface area contributed by atoms with Gasteiger partial charge in [0.15, 0.2) is 0 Å². The van der Waals surface area contributed by atoms with Gasteiger partial charge in [0, 0.05) is 13.1 Å². The lowest BCUT2D eigenvalue weighted by molar-refractivity contribution is -0.126. The minimum atomic E-state index is -3.58. The molecule has 1 aliphatic rings. The van der Waals surface area contributed by atoms with E-state index in [0.717, 1.165) is 17.7 Å². The molecule has 2 unspecified atom stereocenters. The molecule has 2 atom stereocenters. The molecule has 7 heteroatoms. The lowest BCUT2D eigenvalue weighted by atomic mass is 9.97. The molecule has 1 amide bonds. The van der Waals surface area contributed by atoms with Crippen molar-refractivity contribution in [3.63, 3.8) is 0 Å². The number of methoxy groups -OCH3 is 1. The third-order valence-corrected chi connectivity index (χ3v) is 7.26. The quantitative estimate of drug-likeness (QED) is 0.751. The van der Waals surface area contributed by atoms with Crippen molar-refractivity contribution in [2.45, 2.75) is 37.1 Å². The maximum absolute atomic E-state index is 12.9. The second-order valence-corrected chi connectivity index (χ2v) is 9.20. The molecule has 0 bridgehead atoms. The highest BCUT2D eigenvalue weighted by molar-refractivity contribution is 7.89. The lowest BCUT2D eigenvalue weighted by Gasteiger charge is -2.32. The first-order chi connectivity index (χ1) is 14.0. The molecule has 0 spiro atoms. The Morgan fingerprint density at radius 2 is 1.86 bits per heavy atom. The van der Waals surface area contributed by atoms with Crippen LogP contribution in [-0.2, 0) is 14.8 Å². The van der Waals surface area contributed by atoms with Crippen LogP contribution in [0.15, 0.2) is 59.5 Å². The molecule has 0 aromatic heterocycles. The summed E-state index contributed by atoms with van der Waals surface area (Å²) in [6.45, 7) is 2.67. The third-order valence-electron chi connectivity index (χ3n) is 5.38. The second-order valence-electron chi connectivity index (χ2n) is 7.26. The van der Waals surface area contributed by atoms with Crippen LogP contribution in [0.2, 0.25) is 0 Å². The minimum absolute atomic E-state index is 0.0966. The zero-order chi connectivity index (χ0) is 20.9. The number of nitrogens with one attached hydrogen (secondary N) is 1. The third kappa shape index (κ3) is 4.97. The molecule has 156 valence electrons. The first kappa shape index (κ1) is 21.3. The molecule has 1 aliphatic heterocycles. The van der Waals surface area contributed by atoms with Crippen molar-refractivity contribution in [3.05, 3.63) is 60.2 Å². The number of carbonyl (C=O) groups is 1. The highest BCUT2D eigenvalue weighted by Gasteiger charge is 2.33. The first-order valence-corrected chi connectivity index (χ1v) is 11.4. The standard InChI is InChI=1S/C22H28N2O4S/c1-3-21(17-11-13-19(28-2)14-12-17)23-22(25)18-8-7-15-24(16-18)29(26,27)20-9-5-4-6-10-20/h4-6,9-14,18,21H,3,7-8,15-16H2,1-2H3,(H,23,25). The number of rotatable bonds is 7. The Labute approximate surface area is 172 Å². The molecule has 1 fully saturated rings. The van der Waals surface area contributed by atoms with Crippen LogP contribution in [0.1, 0.15) is 37.8 Å². The van der Waals surface area contributed by atoms with Crippen molar-refractivity contribution in [1.82, 2.24) is 9.62 Å². The van der Waals surface area contributed by atoms with Gasteiger partial charge in [0.2, 0.25) is 15.9 Å². The van der Waals surface area contributed by atoms with Crippen molar-refractivity contribution in [1.29, 1.82) is 0 Å².